The molecule has 1 amide bonds. The maximum atomic E-state index is 13.3. The fourth-order valence-electron chi connectivity index (χ4n) is 5.41. The van der Waals surface area contributed by atoms with Gasteiger partial charge in [0.25, 0.3) is 0 Å². The van der Waals surface area contributed by atoms with Crippen LogP contribution in [0.1, 0.15) is 32.3 Å². The molecule has 2 aliphatic rings. The number of benzene rings is 1. The quantitative estimate of drug-likeness (QED) is 0.398. The summed E-state index contributed by atoms with van der Waals surface area (Å²) in [7, 11) is -0.105. The Morgan fingerprint density at radius 2 is 1.92 bits per heavy atom. The van der Waals surface area contributed by atoms with Crippen molar-refractivity contribution in [3.63, 3.8) is 0 Å². The van der Waals surface area contributed by atoms with E-state index in [-0.39, 0.29) is 23.6 Å². The van der Waals surface area contributed by atoms with E-state index in [2.05, 4.69) is 20.0 Å². The van der Waals surface area contributed by atoms with Crippen LogP contribution in [0, 0.1) is 0 Å². The van der Waals surface area contributed by atoms with Crippen molar-refractivity contribution in [2.24, 2.45) is 0 Å². The first kappa shape index (κ1) is 26.3. The van der Waals surface area contributed by atoms with Gasteiger partial charge < -0.3 is 19.7 Å². The summed E-state index contributed by atoms with van der Waals surface area (Å²) in [4.78, 5) is 24.1. The summed E-state index contributed by atoms with van der Waals surface area (Å²) in [5.74, 6) is 0.273. The fourth-order valence-corrected chi connectivity index (χ4v) is 5.96. The molecule has 5 rings (SSSR count). The monoisotopic (exact) mass is 539 g/mol. The van der Waals surface area contributed by atoms with E-state index in [0.717, 1.165) is 34.0 Å². The topological polar surface area (TPSA) is 123 Å². The number of nitrogens with zero attached hydrogens (tertiary/aromatic N) is 3. The van der Waals surface area contributed by atoms with Crippen LogP contribution >= 0.6 is 0 Å². The normalized spacial score (nSPS) is 20.7. The molecule has 3 heterocycles. The van der Waals surface area contributed by atoms with Gasteiger partial charge in [-0.1, -0.05) is 19.9 Å². The highest BCUT2D eigenvalue weighted by atomic mass is 32.2. The number of nitrogens with one attached hydrogen (secondary N) is 2. The van der Waals surface area contributed by atoms with Gasteiger partial charge in [0, 0.05) is 49.5 Å². The van der Waals surface area contributed by atoms with Gasteiger partial charge in [0.1, 0.15) is 12.3 Å². The molecule has 11 heteroatoms. The Labute approximate surface area is 222 Å². The first-order chi connectivity index (χ1) is 18.0. The number of carbonyl (C=O) groups is 1. The minimum Gasteiger partial charge on any atom is -0.475 e. The van der Waals surface area contributed by atoms with Crippen LogP contribution in [0.3, 0.4) is 0 Å². The minimum atomic E-state index is -3.57. The highest BCUT2D eigenvalue weighted by molar-refractivity contribution is 7.92. The van der Waals surface area contributed by atoms with Gasteiger partial charge in [0.2, 0.25) is 21.8 Å². The first-order valence-electron chi connectivity index (χ1n) is 12.6. The Balaban J connectivity index is 1.55. The smallest absolute Gasteiger partial charge is 0.238 e. The van der Waals surface area contributed by atoms with E-state index in [4.69, 9.17) is 9.47 Å². The first-order valence-corrected chi connectivity index (χ1v) is 14.5. The summed E-state index contributed by atoms with van der Waals surface area (Å²) in [5.41, 5.74) is 3.75. The molecule has 0 saturated heterocycles. The molecule has 2 aromatic heterocycles. The van der Waals surface area contributed by atoms with Crippen molar-refractivity contribution in [3.05, 3.63) is 42.2 Å². The zero-order chi connectivity index (χ0) is 27.2. The van der Waals surface area contributed by atoms with Crippen molar-refractivity contribution < 1.29 is 22.7 Å². The summed E-state index contributed by atoms with van der Waals surface area (Å²) in [5, 5.41) is 4.15. The number of hydrogen-bond acceptors (Lipinski definition) is 8. The number of hydrogen-bond donors (Lipinski definition) is 2. The number of rotatable bonds is 9. The predicted octanol–water partition coefficient (Wildman–Crippen LogP) is 3.07. The third kappa shape index (κ3) is 4.70. The molecule has 3 aromatic rings. The largest absolute Gasteiger partial charge is 0.475 e. The Morgan fingerprint density at radius 3 is 2.61 bits per heavy atom. The fraction of sp³-hybridized carbons (Fsp3) is 0.444. The number of sulfonamides is 1. The molecule has 202 valence electrons. The molecule has 1 fully saturated rings. The summed E-state index contributed by atoms with van der Waals surface area (Å²) >= 11 is 0. The highest BCUT2D eigenvalue weighted by Gasteiger charge is 2.58. The van der Waals surface area contributed by atoms with Gasteiger partial charge in [-0.3, -0.25) is 14.5 Å². The van der Waals surface area contributed by atoms with Crippen molar-refractivity contribution in [2.45, 2.75) is 44.2 Å². The second-order valence-corrected chi connectivity index (χ2v) is 12.1. The average Bonchev–Trinajstić information content (AvgIpc) is 3.07. The number of aromatic nitrogens is 2. The van der Waals surface area contributed by atoms with Crippen LogP contribution < -0.4 is 19.7 Å². The van der Waals surface area contributed by atoms with E-state index >= 15 is 0 Å². The molecule has 38 heavy (non-hydrogen) atoms. The van der Waals surface area contributed by atoms with Crippen LogP contribution in [0.25, 0.3) is 22.0 Å². The lowest BCUT2D eigenvalue weighted by Gasteiger charge is -2.43. The van der Waals surface area contributed by atoms with Gasteiger partial charge in [-0.15, -0.1) is 0 Å². The van der Waals surface area contributed by atoms with Crippen LogP contribution in [0.15, 0.2) is 36.7 Å². The van der Waals surface area contributed by atoms with Crippen molar-refractivity contribution in [1.29, 1.82) is 0 Å². The van der Waals surface area contributed by atoms with E-state index in [1.54, 1.807) is 37.5 Å². The zero-order valence-electron chi connectivity index (χ0n) is 22.2. The molecular weight excluding hydrogens is 506 g/mol. The lowest BCUT2D eigenvalue weighted by Crippen LogP contribution is -2.51. The number of ether oxygens (including phenoxy) is 2. The number of likely N-dealkylation sites (N-methyl/N-ethyl adjacent to an activating group) is 1. The average molecular weight is 540 g/mol. The van der Waals surface area contributed by atoms with Crippen LogP contribution in [0.2, 0.25) is 0 Å². The van der Waals surface area contributed by atoms with Crippen LogP contribution in [0.5, 0.6) is 5.88 Å². The van der Waals surface area contributed by atoms with Crippen LogP contribution in [0.4, 0.5) is 11.4 Å². The number of methoxy groups -OCH3 is 1. The molecule has 0 unspecified atom stereocenters. The van der Waals surface area contributed by atoms with Gasteiger partial charge in [0.05, 0.1) is 35.2 Å². The standard InChI is InChI=1S/C27H33N5O5S/c1-16(2)28-8-9-37-25-22(31-38(5,34)35)11-18(14-30-25)17-6-7-21-20(10-17)24-23(15-29-21)32(3)26(33)27(24)12-19(13-27)36-4/h6-7,10-11,14-16,19,28,31H,8-9,12-13H2,1-5H3/t19-,27-. The van der Waals surface area contributed by atoms with E-state index < -0.39 is 15.4 Å². The molecule has 0 atom stereocenters. The molecule has 2 N–H and O–H groups in total. The Bertz CT molecular complexity index is 1500. The lowest BCUT2D eigenvalue weighted by atomic mass is 9.62. The summed E-state index contributed by atoms with van der Waals surface area (Å²) < 4.78 is 38.0. The second kappa shape index (κ2) is 9.79. The number of fused-ring (bicyclic) bond motifs is 4. The van der Waals surface area contributed by atoms with Gasteiger partial charge in [-0.2, -0.15) is 0 Å². The zero-order valence-corrected chi connectivity index (χ0v) is 23.1. The van der Waals surface area contributed by atoms with Crippen molar-refractivity contribution >= 4 is 38.2 Å². The van der Waals surface area contributed by atoms with E-state index in [9.17, 15) is 13.2 Å². The maximum absolute atomic E-state index is 13.3. The molecule has 0 bridgehead atoms. The van der Waals surface area contributed by atoms with E-state index in [0.29, 0.717) is 37.6 Å². The number of anilines is 2. The van der Waals surface area contributed by atoms with E-state index in [1.165, 1.54) is 0 Å². The highest BCUT2D eigenvalue weighted by Crippen LogP contribution is 2.55. The lowest BCUT2D eigenvalue weighted by molar-refractivity contribution is -0.131. The third-order valence-corrected chi connectivity index (χ3v) is 7.85. The number of amides is 1. The SMILES string of the molecule is CO[C@H]1C[C@@]2(C1)C(=O)N(C)c1cnc3ccc(-c4cnc(OCCNC(C)C)c(NS(C)(=O)=O)c4)cc3c12. The van der Waals surface area contributed by atoms with Gasteiger partial charge in [0.15, 0.2) is 0 Å². The van der Waals surface area contributed by atoms with Crippen molar-refractivity contribution in [3.8, 4) is 17.0 Å². The van der Waals surface area contributed by atoms with Crippen molar-refractivity contribution in [1.82, 2.24) is 15.3 Å². The van der Waals surface area contributed by atoms with Crippen LogP contribution in [-0.2, 0) is 25.0 Å². The summed E-state index contributed by atoms with van der Waals surface area (Å²) in [6.07, 6.45) is 5.82. The van der Waals surface area contributed by atoms with Crippen LogP contribution in [-0.4, -0.2) is 70.0 Å². The Kier molecular flexibility index (Phi) is 6.79. The van der Waals surface area contributed by atoms with Gasteiger partial charge in [-0.25, -0.2) is 13.4 Å². The Morgan fingerprint density at radius 1 is 1.16 bits per heavy atom. The molecule has 1 aliphatic heterocycles. The second-order valence-electron chi connectivity index (χ2n) is 10.4. The predicted molar refractivity (Wildman–Crippen MR) is 147 cm³/mol. The van der Waals surface area contributed by atoms with Gasteiger partial charge in [-0.05, 0) is 36.6 Å². The molecule has 1 aromatic carbocycles. The molecule has 1 saturated carbocycles. The molecular formula is C27H33N5O5S. The Hall–Kier alpha value is -3.28. The summed E-state index contributed by atoms with van der Waals surface area (Å²) in [6, 6.07) is 7.86. The molecule has 10 nitrogen and oxygen atoms in total. The minimum absolute atomic E-state index is 0.0433. The van der Waals surface area contributed by atoms with E-state index in [1.807, 2.05) is 32.0 Å². The van der Waals surface area contributed by atoms with Gasteiger partial charge >= 0.3 is 0 Å². The maximum Gasteiger partial charge on any atom is 0.238 e. The molecule has 1 aliphatic carbocycles. The third-order valence-electron chi connectivity index (χ3n) is 7.26. The summed E-state index contributed by atoms with van der Waals surface area (Å²) in [6.45, 7) is 5.01. The number of pyridine rings is 2. The molecule has 0 radical (unpaired) electrons. The number of carbonyl (C=O) groups excluding carboxylic acids is 1. The molecule has 1 spiro atoms. The van der Waals surface area contributed by atoms with Crippen molar-refractivity contribution in [2.75, 3.05) is 43.2 Å².